The van der Waals surface area contributed by atoms with E-state index in [1.165, 1.54) is 12.1 Å². The summed E-state index contributed by atoms with van der Waals surface area (Å²) in [4.78, 5) is 14.5. The molecule has 1 heterocycles. The van der Waals surface area contributed by atoms with Crippen LogP contribution in [0.25, 0.3) is 5.69 Å². The second-order valence-electron chi connectivity index (χ2n) is 3.06. The molecule has 1 N–H and O–H groups in total. The molecule has 1 aromatic heterocycles. The van der Waals surface area contributed by atoms with Crippen molar-refractivity contribution in [2.75, 3.05) is 0 Å². The van der Waals surface area contributed by atoms with Crippen LogP contribution in [0, 0.1) is 17.1 Å². The monoisotopic (exact) mass is 232 g/mol. The van der Waals surface area contributed by atoms with E-state index >= 15 is 0 Å². The maximum atomic E-state index is 13.4. The highest BCUT2D eigenvalue weighted by atomic mass is 19.1. The lowest BCUT2D eigenvalue weighted by Gasteiger charge is -2.05. The number of carboxylic acids is 1. The van der Waals surface area contributed by atoms with Crippen LogP contribution in [0.4, 0.5) is 4.39 Å². The smallest absolute Gasteiger partial charge is 0.340 e. The molecule has 0 bridgehead atoms. The van der Waals surface area contributed by atoms with E-state index in [0.717, 1.165) is 17.1 Å². The fraction of sp³-hybridized carbons (Fsp3) is 0. The Morgan fingerprint density at radius 1 is 1.53 bits per heavy atom. The fourth-order valence-corrected chi connectivity index (χ4v) is 1.35. The number of aromatic nitrogens is 3. The molecule has 0 atom stereocenters. The Morgan fingerprint density at radius 2 is 2.29 bits per heavy atom. The van der Waals surface area contributed by atoms with Crippen LogP contribution in [-0.4, -0.2) is 25.8 Å². The minimum Gasteiger partial charge on any atom is -0.478 e. The molecule has 0 spiro atoms. The van der Waals surface area contributed by atoms with Crippen molar-refractivity contribution in [1.29, 1.82) is 5.26 Å². The van der Waals surface area contributed by atoms with Crippen LogP contribution < -0.4 is 0 Å². The zero-order valence-corrected chi connectivity index (χ0v) is 8.33. The van der Waals surface area contributed by atoms with Gasteiger partial charge in [-0.15, -0.1) is 5.10 Å². The molecule has 0 radical (unpaired) electrons. The summed E-state index contributed by atoms with van der Waals surface area (Å²) in [6, 6.07) is 5.46. The Bertz CT molecular complexity index is 629. The second kappa shape index (κ2) is 4.02. The lowest BCUT2D eigenvalue weighted by atomic mass is 10.1. The summed E-state index contributed by atoms with van der Waals surface area (Å²) in [6.45, 7) is 0. The van der Waals surface area contributed by atoms with E-state index in [2.05, 4.69) is 10.1 Å². The number of hydrogen-bond acceptors (Lipinski definition) is 4. The van der Waals surface area contributed by atoms with E-state index in [1.54, 1.807) is 6.07 Å². The van der Waals surface area contributed by atoms with Crippen LogP contribution in [0.2, 0.25) is 0 Å². The van der Waals surface area contributed by atoms with Gasteiger partial charge in [0.15, 0.2) is 0 Å². The van der Waals surface area contributed by atoms with Crippen LogP contribution in [0.1, 0.15) is 16.2 Å². The maximum Gasteiger partial charge on any atom is 0.340 e. The summed E-state index contributed by atoms with van der Waals surface area (Å²) in [5.41, 5.74) is -0.492. The minimum absolute atomic E-state index is 0.0199. The molecular formula is C10H5FN4O2. The average Bonchev–Trinajstić information content (AvgIpc) is 2.76. The van der Waals surface area contributed by atoms with Crippen molar-refractivity contribution in [2.24, 2.45) is 0 Å². The van der Waals surface area contributed by atoms with Gasteiger partial charge in [-0.05, 0) is 12.1 Å². The first-order valence-corrected chi connectivity index (χ1v) is 4.47. The predicted molar refractivity (Wildman–Crippen MR) is 53.0 cm³/mol. The van der Waals surface area contributed by atoms with Crippen molar-refractivity contribution in [1.82, 2.24) is 14.8 Å². The predicted octanol–water partition coefficient (Wildman–Crippen LogP) is 0.976. The Morgan fingerprint density at radius 3 is 2.88 bits per heavy atom. The first kappa shape index (κ1) is 10.8. The number of rotatable bonds is 2. The molecule has 0 unspecified atom stereocenters. The molecule has 0 amide bonds. The lowest BCUT2D eigenvalue weighted by molar-refractivity contribution is 0.0691. The SMILES string of the molecule is N#Cc1ncn(-c2cccc(F)c2C(=O)O)n1. The van der Waals surface area contributed by atoms with Crippen molar-refractivity contribution in [3.05, 3.63) is 41.7 Å². The van der Waals surface area contributed by atoms with Gasteiger partial charge < -0.3 is 5.11 Å². The summed E-state index contributed by atoms with van der Waals surface area (Å²) >= 11 is 0. The van der Waals surface area contributed by atoms with E-state index in [1.807, 2.05) is 0 Å². The van der Waals surface area contributed by atoms with Gasteiger partial charge in [0.25, 0.3) is 5.82 Å². The van der Waals surface area contributed by atoms with Gasteiger partial charge in [0.05, 0.1) is 5.69 Å². The average molecular weight is 232 g/mol. The lowest BCUT2D eigenvalue weighted by Crippen LogP contribution is -2.08. The van der Waals surface area contributed by atoms with Crippen molar-refractivity contribution < 1.29 is 14.3 Å². The summed E-state index contributed by atoms with van der Waals surface area (Å²) in [6.07, 6.45) is 1.15. The molecular weight excluding hydrogens is 227 g/mol. The Balaban J connectivity index is 2.63. The number of carbonyl (C=O) groups is 1. The van der Waals surface area contributed by atoms with Crippen molar-refractivity contribution >= 4 is 5.97 Å². The topological polar surface area (TPSA) is 91.8 Å². The molecule has 7 heteroatoms. The molecule has 2 aromatic rings. The molecule has 6 nitrogen and oxygen atoms in total. The van der Waals surface area contributed by atoms with Crippen LogP contribution in [-0.2, 0) is 0 Å². The van der Waals surface area contributed by atoms with Crippen molar-refractivity contribution in [3.63, 3.8) is 0 Å². The standard InChI is InChI=1S/C10H5FN4O2/c11-6-2-1-3-7(9(6)10(16)17)15-5-13-8(4-12)14-15/h1-3,5H,(H,16,17). The van der Waals surface area contributed by atoms with Gasteiger partial charge in [0.1, 0.15) is 23.8 Å². The first-order valence-electron chi connectivity index (χ1n) is 4.47. The highest BCUT2D eigenvalue weighted by molar-refractivity contribution is 5.92. The van der Waals surface area contributed by atoms with Crippen molar-refractivity contribution in [3.8, 4) is 11.8 Å². The highest BCUT2D eigenvalue weighted by Crippen LogP contribution is 2.17. The molecule has 0 saturated heterocycles. The van der Waals surface area contributed by atoms with Gasteiger partial charge in [0.2, 0.25) is 0 Å². The summed E-state index contributed by atoms with van der Waals surface area (Å²) < 4.78 is 14.4. The molecule has 0 aliphatic heterocycles. The first-order chi connectivity index (χ1) is 8.13. The third-order valence-corrected chi connectivity index (χ3v) is 2.04. The summed E-state index contributed by atoms with van der Waals surface area (Å²) in [5.74, 6) is -2.40. The molecule has 2 rings (SSSR count). The van der Waals surface area contributed by atoms with Gasteiger partial charge in [-0.2, -0.15) is 5.26 Å². The number of benzene rings is 1. The number of aromatic carboxylic acids is 1. The van der Waals surface area contributed by atoms with E-state index in [4.69, 9.17) is 10.4 Å². The van der Waals surface area contributed by atoms with Gasteiger partial charge >= 0.3 is 5.97 Å². The Labute approximate surface area is 94.6 Å². The second-order valence-corrected chi connectivity index (χ2v) is 3.06. The quantitative estimate of drug-likeness (QED) is 0.833. The number of nitrogens with zero attached hydrogens (tertiary/aromatic N) is 4. The largest absolute Gasteiger partial charge is 0.478 e. The molecule has 0 fully saturated rings. The van der Waals surface area contributed by atoms with E-state index in [9.17, 15) is 9.18 Å². The fourth-order valence-electron chi connectivity index (χ4n) is 1.35. The van der Waals surface area contributed by atoms with Gasteiger partial charge in [-0.25, -0.2) is 18.9 Å². The zero-order chi connectivity index (χ0) is 12.4. The van der Waals surface area contributed by atoms with Gasteiger partial charge in [0, 0.05) is 0 Å². The van der Waals surface area contributed by atoms with E-state index < -0.39 is 17.3 Å². The van der Waals surface area contributed by atoms with Crippen LogP contribution in [0.3, 0.4) is 0 Å². The molecule has 0 aliphatic rings. The maximum absolute atomic E-state index is 13.4. The highest BCUT2D eigenvalue weighted by Gasteiger charge is 2.17. The van der Waals surface area contributed by atoms with Crippen LogP contribution >= 0.6 is 0 Å². The number of halogens is 1. The Hall–Kier alpha value is -2.75. The van der Waals surface area contributed by atoms with Gasteiger partial charge in [-0.3, -0.25) is 0 Å². The normalized spacial score (nSPS) is 9.88. The molecule has 17 heavy (non-hydrogen) atoms. The number of carboxylic acid groups (broad SMARTS) is 1. The summed E-state index contributed by atoms with van der Waals surface area (Å²) in [7, 11) is 0. The number of nitriles is 1. The molecule has 1 aromatic carbocycles. The van der Waals surface area contributed by atoms with E-state index in [-0.39, 0.29) is 11.5 Å². The Kier molecular flexibility index (Phi) is 2.54. The molecule has 84 valence electrons. The number of hydrogen-bond donors (Lipinski definition) is 1. The third-order valence-electron chi connectivity index (χ3n) is 2.04. The van der Waals surface area contributed by atoms with Crippen LogP contribution in [0.5, 0.6) is 0 Å². The molecule has 0 saturated carbocycles. The minimum atomic E-state index is -1.41. The zero-order valence-electron chi connectivity index (χ0n) is 8.33. The van der Waals surface area contributed by atoms with Crippen LogP contribution in [0.15, 0.2) is 24.5 Å². The third kappa shape index (κ3) is 1.83. The van der Waals surface area contributed by atoms with Crippen molar-refractivity contribution in [2.45, 2.75) is 0 Å². The van der Waals surface area contributed by atoms with Gasteiger partial charge in [-0.1, -0.05) is 6.07 Å². The summed E-state index contributed by atoms with van der Waals surface area (Å²) in [5, 5.41) is 21.2. The molecule has 0 aliphatic carbocycles. The van der Waals surface area contributed by atoms with E-state index in [0.29, 0.717) is 0 Å².